The second kappa shape index (κ2) is 4.53. The number of aliphatic hydroxyl groups excluding tert-OH is 1. The predicted octanol–water partition coefficient (Wildman–Crippen LogP) is 2.08. The van der Waals surface area contributed by atoms with Gasteiger partial charge in [-0.25, -0.2) is 4.98 Å². The van der Waals surface area contributed by atoms with Crippen molar-refractivity contribution in [2.45, 2.75) is 32.9 Å². The topological polar surface area (TPSA) is 51.2 Å². The van der Waals surface area contributed by atoms with Crippen LogP contribution in [0.15, 0.2) is 28.9 Å². The lowest BCUT2D eigenvalue weighted by atomic mass is 10.2. The molecular weight excluding hydrogens is 204 g/mol. The number of imidazole rings is 1. The zero-order valence-electron chi connectivity index (χ0n) is 9.55. The molecule has 1 unspecified atom stereocenters. The molecule has 2 aromatic heterocycles. The molecule has 0 saturated carbocycles. The first-order valence-electron chi connectivity index (χ1n) is 5.45. The van der Waals surface area contributed by atoms with Gasteiger partial charge in [-0.05, 0) is 26.0 Å². The molecule has 0 aliphatic carbocycles. The van der Waals surface area contributed by atoms with Crippen molar-refractivity contribution in [3.05, 3.63) is 41.9 Å². The largest absolute Gasteiger partial charge is 0.464 e. The zero-order valence-corrected chi connectivity index (χ0v) is 9.55. The van der Waals surface area contributed by atoms with Crippen molar-refractivity contribution in [2.75, 3.05) is 0 Å². The van der Waals surface area contributed by atoms with Gasteiger partial charge in [0.2, 0.25) is 0 Å². The molecular formula is C12H16N2O2. The summed E-state index contributed by atoms with van der Waals surface area (Å²) >= 11 is 0. The fourth-order valence-corrected chi connectivity index (χ4v) is 1.72. The minimum atomic E-state index is -0.624. The van der Waals surface area contributed by atoms with Gasteiger partial charge in [0.25, 0.3) is 0 Å². The molecule has 0 aromatic carbocycles. The fraction of sp³-hybridized carbons (Fsp3) is 0.417. The summed E-state index contributed by atoms with van der Waals surface area (Å²) in [4.78, 5) is 4.22. The smallest absolute Gasteiger partial charge is 0.133 e. The van der Waals surface area contributed by atoms with Gasteiger partial charge < -0.3 is 14.1 Å². The second-order valence-corrected chi connectivity index (χ2v) is 3.80. The highest BCUT2D eigenvalue weighted by Crippen LogP contribution is 2.19. The Balaban J connectivity index is 2.10. The summed E-state index contributed by atoms with van der Waals surface area (Å²) in [7, 11) is 0. The maximum atomic E-state index is 9.98. The lowest BCUT2D eigenvalue weighted by Crippen LogP contribution is -2.07. The minimum Gasteiger partial charge on any atom is -0.464 e. The molecule has 2 heterocycles. The summed E-state index contributed by atoms with van der Waals surface area (Å²) in [6.45, 7) is 4.77. The first kappa shape index (κ1) is 11.0. The molecule has 0 aliphatic rings. The zero-order chi connectivity index (χ0) is 11.5. The lowest BCUT2D eigenvalue weighted by molar-refractivity contribution is 0.145. The Kier molecular flexibility index (Phi) is 3.10. The number of furan rings is 1. The maximum Gasteiger partial charge on any atom is 0.133 e. The third-order valence-electron chi connectivity index (χ3n) is 2.61. The highest BCUT2D eigenvalue weighted by Gasteiger charge is 2.14. The summed E-state index contributed by atoms with van der Waals surface area (Å²) in [5.41, 5.74) is 0. The van der Waals surface area contributed by atoms with Gasteiger partial charge in [-0.15, -0.1) is 0 Å². The predicted molar refractivity (Wildman–Crippen MR) is 60.0 cm³/mol. The van der Waals surface area contributed by atoms with E-state index in [9.17, 15) is 5.11 Å². The molecule has 2 rings (SSSR count). The van der Waals surface area contributed by atoms with Crippen LogP contribution in [0.4, 0.5) is 0 Å². The van der Waals surface area contributed by atoms with Crippen molar-refractivity contribution in [1.82, 2.24) is 9.55 Å². The van der Waals surface area contributed by atoms with Gasteiger partial charge in [-0.3, -0.25) is 0 Å². The van der Waals surface area contributed by atoms with E-state index in [0.717, 1.165) is 18.1 Å². The van der Waals surface area contributed by atoms with Gasteiger partial charge >= 0.3 is 0 Å². The molecule has 1 atom stereocenters. The molecule has 0 aliphatic heterocycles. The van der Waals surface area contributed by atoms with E-state index in [0.29, 0.717) is 12.2 Å². The van der Waals surface area contributed by atoms with Crippen molar-refractivity contribution in [2.24, 2.45) is 0 Å². The maximum absolute atomic E-state index is 9.98. The summed E-state index contributed by atoms with van der Waals surface area (Å²) in [5.74, 6) is 2.29. The third kappa shape index (κ3) is 2.17. The summed E-state index contributed by atoms with van der Waals surface area (Å²) in [6, 6.07) is 3.66. The van der Waals surface area contributed by atoms with E-state index >= 15 is 0 Å². The Morgan fingerprint density at radius 1 is 1.50 bits per heavy atom. The number of hydrogen-bond acceptors (Lipinski definition) is 3. The average Bonchev–Trinajstić information content (AvgIpc) is 2.86. The van der Waals surface area contributed by atoms with Crippen LogP contribution < -0.4 is 0 Å². The number of hydrogen-bond donors (Lipinski definition) is 1. The Hall–Kier alpha value is -1.55. The molecule has 86 valence electrons. The van der Waals surface area contributed by atoms with Crippen LogP contribution in [0.5, 0.6) is 0 Å². The van der Waals surface area contributed by atoms with E-state index in [2.05, 4.69) is 11.9 Å². The molecule has 0 fully saturated rings. The van der Waals surface area contributed by atoms with Crippen LogP contribution in [-0.4, -0.2) is 14.7 Å². The molecule has 0 spiro atoms. The quantitative estimate of drug-likeness (QED) is 0.858. The van der Waals surface area contributed by atoms with Crippen LogP contribution in [0.25, 0.3) is 0 Å². The van der Waals surface area contributed by atoms with Gasteiger partial charge in [0.15, 0.2) is 0 Å². The molecule has 4 heteroatoms. The van der Waals surface area contributed by atoms with Crippen molar-refractivity contribution in [3.63, 3.8) is 0 Å². The number of rotatable bonds is 4. The van der Waals surface area contributed by atoms with Crippen LogP contribution in [-0.2, 0) is 13.0 Å². The normalized spacial score (nSPS) is 12.9. The average molecular weight is 220 g/mol. The van der Waals surface area contributed by atoms with Gasteiger partial charge in [0.05, 0.1) is 0 Å². The molecule has 2 aromatic rings. The summed E-state index contributed by atoms with van der Waals surface area (Å²) in [6.07, 6.45) is 3.52. The van der Waals surface area contributed by atoms with Crippen LogP contribution >= 0.6 is 0 Å². The van der Waals surface area contributed by atoms with Gasteiger partial charge in [0.1, 0.15) is 23.4 Å². The molecule has 1 N–H and O–H groups in total. The molecule has 0 amide bonds. The number of aryl methyl sites for hydroxylation is 2. The van der Waals surface area contributed by atoms with E-state index < -0.39 is 6.10 Å². The van der Waals surface area contributed by atoms with Gasteiger partial charge in [-0.1, -0.05) is 0 Å². The van der Waals surface area contributed by atoms with Crippen molar-refractivity contribution < 1.29 is 9.52 Å². The molecule has 0 bridgehead atoms. The van der Waals surface area contributed by atoms with Gasteiger partial charge in [-0.2, -0.15) is 0 Å². The molecule has 4 nitrogen and oxygen atoms in total. The Morgan fingerprint density at radius 2 is 2.31 bits per heavy atom. The molecule has 0 saturated heterocycles. The van der Waals surface area contributed by atoms with Crippen LogP contribution in [0.1, 0.15) is 30.4 Å². The first-order valence-corrected chi connectivity index (χ1v) is 5.45. The van der Waals surface area contributed by atoms with E-state index in [1.54, 1.807) is 12.3 Å². The third-order valence-corrected chi connectivity index (χ3v) is 2.61. The van der Waals surface area contributed by atoms with Crippen molar-refractivity contribution in [1.29, 1.82) is 0 Å². The lowest BCUT2D eigenvalue weighted by Gasteiger charge is -2.08. The van der Waals surface area contributed by atoms with Crippen LogP contribution in [0, 0.1) is 6.92 Å². The monoisotopic (exact) mass is 220 g/mol. The SMILES string of the molecule is CCn1ccnc1CC(O)c1ccc(C)o1. The number of nitrogens with zero attached hydrogens (tertiary/aromatic N) is 2. The molecule has 0 radical (unpaired) electrons. The Labute approximate surface area is 94.5 Å². The van der Waals surface area contributed by atoms with E-state index in [1.807, 2.05) is 23.8 Å². The van der Waals surface area contributed by atoms with Crippen molar-refractivity contribution in [3.8, 4) is 0 Å². The standard InChI is InChI=1S/C12H16N2O2/c1-3-14-7-6-13-12(14)8-10(15)11-5-4-9(2)16-11/h4-7,10,15H,3,8H2,1-2H3. The minimum absolute atomic E-state index is 0.480. The number of aromatic nitrogens is 2. The summed E-state index contributed by atoms with van der Waals surface area (Å²) in [5, 5.41) is 9.98. The number of aliphatic hydroxyl groups is 1. The Morgan fingerprint density at radius 3 is 2.94 bits per heavy atom. The summed E-state index contributed by atoms with van der Waals surface area (Å²) < 4.78 is 7.39. The van der Waals surface area contributed by atoms with Crippen LogP contribution in [0.2, 0.25) is 0 Å². The second-order valence-electron chi connectivity index (χ2n) is 3.80. The van der Waals surface area contributed by atoms with E-state index in [-0.39, 0.29) is 0 Å². The van der Waals surface area contributed by atoms with Crippen LogP contribution in [0.3, 0.4) is 0 Å². The molecule has 16 heavy (non-hydrogen) atoms. The van der Waals surface area contributed by atoms with Crippen molar-refractivity contribution >= 4 is 0 Å². The first-order chi connectivity index (χ1) is 7.70. The van der Waals surface area contributed by atoms with E-state index in [1.165, 1.54) is 0 Å². The highest BCUT2D eigenvalue weighted by molar-refractivity contribution is 5.10. The Bertz CT molecular complexity index is 459. The highest BCUT2D eigenvalue weighted by atomic mass is 16.4. The van der Waals surface area contributed by atoms with Gasteiger partial charge in [0, 0.05) is 25.4 Å². The fourth-order valence-electron chi connectivity index (χ4n) is 1.72. The van der Waals surface area contributed by atoms with E-state index in [4.69, 9.17) is 4.42 Å².